The Morgan fingerprint density at radius 1 is 1.12 bits per heavy atom. The maximum absolute atomic E-state index is 6.22. The van der Waals surface area contributed by atoms with Crippen molar-refractivity contribution in [2.24, 2.45) is 4.99 Å². The lowest BCUT2D eigenvalue weighted by Crippen LogP contribution is -2.40. The van der Waals surface area contributed by atoms with Crippen LogP contribution in [-0.4, -0.2) is 45.0 Å². The SMILES string of the molecule is CCNC(=NCc1ccc(C)cc1OC1CCOC1)NCC1CCOc2ccccc21.I. The Kier molecular flexibility index (Phi) is 9.47. The number of fused-ring (bicyclic) bond motifs is 1. The second kappa shape index (κ2) is 12.3. The largest absolute Gasteiger partial charge is 0.493 e. The molecule has 1 saturated heterocycles. The van der Waals surface area contributed by atoms with Crippen LogP contribution in [0.3, 0.4) is 0 Å². The molecule has 0 bridgehead atoms. The maximum atomic E-state index is 6.22. The van der Waals surface area contributed by atoms with E-state index >= 15 is 0 Å². The average molecular weight is 551 g/mol. The molecular formula is C25H34IN3O3. The lowest BCUT2D eigenvalue weighted by Gasteiger charge is -2.26. The highest BCUT2D eigenvalue weighted by Crippen LogP contribution is 2.32. The fourth-order valence-electron chi connectivity index (χ4n) is 4.04. The number of halogens is 1. The summed E-state index contributed by atoms with van der Waals surface area (Å²) in [5.41, 5.74) is 3.54. The van der Waals surface area contributed by atoms with E-state index in [-0.39, 0.29) is 30.1 Å². The van der Waals surface area contributed by atoms with E-state index in [2.05, 4.69) is 60.9 Å². The molecule has 0 amide bonds. The zero-order chi connectivity index (χ0) is 21.5. The highest BCUT2D eigenvalue weighted by Gasteiger charge is 2.21. The molecule has 0 aromatic heterocycles. The molecule has 2 aliphatic rings. The summed E-state index contributed by atoms with van der Waals surface area (Å²) in [6, 6.07) is 14.6. The molecule has 2 heterocycles. The van der Waals surface area contributed by atoms with Crippen LogP contribution in [0.25, 0.3) is 0 Å². The fourth-order valence-corrected chi connectivity index (χ4v) is 4.04. The van der Waals surface area contributed by atoms with Gasteiger partial charge in [0.1, 0.15) is 17.6 Å². The van der Waals surface area contributed by atoms with E-state index in [9.17, 15) is 0 Å². The summed E-state index contributed by atoms with van der Waals surface area (Å²) in [5.74, 6) is 3.14. The van der Waals surface area contributed by atoms with Gasteiger partial charge in [-0.05, 0) is 43.5 Å². The number of aliphatic imine (C=N–C) groups is 1. The van der Waals surface area contributed by atoms with Gasteiger partial charge in [-0.1, -0.05) is 30.3 Å². The number of nitrogens with one attached hydrogen (secondary N) is 2. The predicted octanol–water partition coefficient (Wildman–Crippen LogP) is 4.40. The summed E-state index contributed by atoms with van der Waals surface area (Å²) >= 11 is 0. The minimum absolute atomic E-state index is 0. The first-order chi connectivity index (χ1) is 15.2. The molecule has 2 N–H and O–H groups in total. The number of rotatable bonds is 7. The zero-order valence-electron chi connectivity index (χ0n) is 18.9. The van der Waals surface area contributed by atoms with Crippen molar-refractivity contribution in [1.29, 1.82) is 0 Å². The van der Waals surface area contributed by atoms with E-state index in [0.717, 1.165) is 62.2 Å². The summed E-state index contributed by atoms with van der Waals surface area (Å²) in [4.78, 5) is 4.84. The van der Waals surface area contributed by atoms with Gasteiger partial charge in [-0.3, -0.25) is 0 Å². The molecule has 0 spiro atoms. The van der Waals surface area contributed by atoms with Gasteiger partial charge in [0.2, 0.25) is 0 Å². The first-order valence-corrected chi connectivity index (χ1v) is 11.3. The molecule has 0 radical (unpaired) electrons. The van der Waals surface area contributed by atoms with Gasteiger partial charge >= 0.3 is 0 Å². The highest BCUT2D eigenvalue weighted by molar-refractivity contribution is 14.0. The maximum Gasteiger partial charge on any atom is 0.191 e. The molecule has 2 aromatic carbocycles. The molecule has 4 rings (SSSR count). The first-order valence-electron chi connectivity index (χ1n) is 11.3. The molecule has 6 nitrogen and oxygen atoms in total. The molecular weight excluding hydrogens is 517 g/mol. The third-order valence-corrected chi connectivity index (χ3v) is 5.75. The summed E-state index contributed by atoms with van der Waals surface area (Å²) in [6.07, 6.45) is 2.07. The van der Waals surface area contributed by atoms with E-state index < -0.39 is 0 Å². The second-order valence-corrected chi connectivity index (χ2v) is 8.16. The Hall–Kier alpha value is -2.00. The number of aryl methyl sites for hydroxylation is 1. The first kappa shape index (κ1) is 24.6. The zero-order valence-corrected chi connectivity index (χ0v) is 21.3. The number of guanidine groups is 1. The molecule has 7 heteroatoms. The molecule has 1 fully saturated rings. The van der Waals surface area contributed by atoms with Gasteiger partial charge in [0.15, 0.2) is 5.96 Å². The van der Waals surface area contributed by atoms with Crippen molar-refractivity contribution in [2.75, 3.05) is 32.9 Å². The van der Waals surface area contributed by atoms with Crippen LogP contribution in [0, 0.1) is 6.92 Å². The van der Waals surface area contributed by atoms with Crippen molar-refractivity contribution in [2.45, 2.75) is 45.3 Å². The van der Waals surface area contributed by atoms with Crippen LogP contribution in [0.2, 0.25) is 0 Å². The van der Waals surface area contributed by atoms with Gasteiger partial charge in [-0.2, -0.15) is 0 Å². The Balaban J connectivity index is 0.00000289. The normalized spacial score (nSPS) is 20.0. The van der Waals surface area contributed by atoms with Crippen molar-refractivity contribution < 1.29 is 14.2 Å². The Bertz CT molecular complexity index is 900. The third kappa shape index (κ3) is 6.51. The predicted molar refractivity (Wildman–Crippen MR) is 139 cm³/mol. The third-order valence-electron chi connectivity index (χ3n) is 5.75. The van der Waals surface area contributed by atoms with Gasteiger partial charge in [-0.15, -0.1) is 24.0 Å². The molecule has 174 valence electrons. The number of benzene rings is 2. The minimum Gasteiger partial charge on any atom is -0.493 e. The number of ether oxygens (including phenoxy) is 3. The van der Waals surface area contributed by atoms with Crippen LogP contribution >= 0.6 is 24.0 Å². The van der Waals surface area contributed by atoms with Crippen molar-refractivity contribution in [1.82, 2.24) is 10.6 Å². The molecule has 2 unspecified atom stereocenters. The smallest absolute Gasteiger partial charge is 0.191 e. The molecule has 2 aromatic rings. The van der Waals surface area contributed by atoms with E-state index in [4.69, 9.17) is 19.2 Å². The summed E-state index contributed by atoms with van der Waals surface area (Å²) in [5, 5.41) is 6.90. The summed E-state index contributed by atoms with van der Waals surface area (Å²) in [7, 11) is 0. The van der Waals surface area contributed by atoms with Gasteiger partial charge in [-0.25, -0.2) is 4.99 Å². The van der Waals surface area contributed by atoms with E-state index in [1.54, 1.807) is 0 Å². The number of hydrogen-bond donors (Lipinski definition) is 2. The van der Waals surface area contributed by atoms with Crippen molar-refractivity contribution in [3.63, 3.8) is 0 Å². The van der Waals surface area contributed by atoms with E-state index in [1.165, 1.54) is 11.1 Å². The number of nitrogens with zero attached hydrogens (tertiary/aromatic N) is 1. The van der Waals surface area contributed by atoms with Crippen LogP contribution in [0.1, 0.15) is 42.4 Å². The quantitative estimate of drug-likeness (QED) is 0.304. The van der Waals surface area contributed by atoms with Crippen LogP contribution < -0.4 is 20.1 Å². The van der Waals surface area contributed by atoms with E-state index in [0.29, 0.717) is 19.1 Å². The van der Waals surface area contributed by atoms with Crippen LogP contribution in [-0.2, 0) is 11.3 Å². The van der Waals surface area contributed by atoms with E-state index in [1.807, 2.05) is 6.07 Å². The Morgan fingerprint density at radius 3 is 2.81 bits per heavy atom. The van der Waals surface area contributed by atoms with Gasteiger partial charge in [0.05, 0.1) is 26.4 Å². The molecule has 2 aliphatic heterocycles. The standard InChI is InChI=1S/C25H33N3O3.HI/c1-3-26-25(27-15-19-10-13-30-23-7-5-4-6-22(19)23)28-16-20-9-8-18(2)14-24(20)31-21-11-12-29-17-21;/h4-9,14,19,21H,3,10-13,15-17H2,1-2H3,(H2,26,27,28);1H. The molecule has 0 aliphatic carbocycles. The van der Waals surface area contributed by atoms with Crippen molar-refractivity contribution in [3.05, 3.63) is 59.2 Å². The Morgan fingerprint density at radius 2 is 2.00 bits per heavy atom. The molecule has 2 atom stereocenters. The summed E-state index contributed by atoms with van der Waals surface area (Å²) < 4.78 is 17.5. The van der Waals surface area contributed by atoms with Gasteiger partial charge in [0.25, 0.3) is 0 Å². The monoisotopic (exact) mass is 551 g/mol. The van der Waals surface area contributed by atoms with Gasteiger partial charge < -0.3 is 24.8 Å². The lowest BCUT2D eigenvalue weighted by atomic mass is 9.93. The van der Waals surface area contributed by atoms with Crippen molar-refractivity contribution >= 4 is 29.9 Å². The molecule has 32 heavy (non-hydrogen) atoms. The number of para-hydroxylation sites is 1. The topological polar surface area (TPSA) is 64.1 Å². The lowest BCUT2D eigenvalue weighted by molar-refractivity contribution is 0.140. The van der Waals surface area contributed by atoms with Crippen LogP contribution in [0.15, 0.2) is 47.5 Å². The molecule has 0 saturated carbocycles. The Labute approximate surface area is 208 Å². The summed E-state index contributed by atoms with van der Waals surface area (Å²) in [6.45, 7) is 8.55. The second-order valence-electron chi connectivity index (χ2n) is 8.16. The van der Waals surface area contributed by atoms with Crippen LogP contribution in [0.5, 0.6) is 11.5 Å². The average Bonchev–Trinajstić information content (AvgIpc) is 3.30. The van der Waals surface area contributed by atoms with Crippen molar-refractivity contribution in [3.8, 4) is 11.5 Å². The van der Waals surface area contributed by atoms with Gasteiger partial charge in [0, 0.05) is 31.0 Å². The number of hydrogen-bond acceptors (Lipinski definition) is 4. The van der Waals surface area contributed by atoms with Crippen LogP contribution in [0.4, 0.5) is 0 Å². The minimum atomic E-state index is 0. The highest BCUT2D eigenvalue weighted by atomic mass is 127. The fraction of sp³-hybridized carbons (Fsp3) is 0.480.